The van der Waals surface area contributed by atoms with Crippen molar-refractivity contribution in [3.05, 3.63) is 29.8 Å². The van der Waals surface area contributed by atoms with Gasteiger partial charge in [0.25, 0.3) is 0 Å². The molecule has 142 valence electrons. The first-order valence-corrected chi connectivity index (χ1v) is 11.4. The average molecular weight is 421 g/mol. The summed E-state index contributed by atoms with van der Waals surface area (Å²) in [5.41, 5.74) is 0.515. The molecule has 0 saturated heterocycles. The molecule has 9 heteroatoms. The van der Waals surface area contributed by atoms with E-state index in [0.29, 0.717) is 0 Å². The van der Waals surface area contributed by atoms with Gasteiger partial charge >= 0.3 is 0 Å². The monoisotopic (exact) mass is 420 g/mol. The molecule has 0 atom stereocenters. The van der Waals surface area contributed by atoms with Crippen molar-refractivity contribution in [1.29, 1.82) is 5.26 Å². The standard InChI is InChI=1S/C18H20N4O2S3/c1-24-14-6-4-13(5-7-14)10-25-16-21-22-17(27-16)26-11-15(23)20-18(12-19)8-2-3-9-18/h4-7H,2-3,8-11H2,1H3,(H,20,23). The first kappa shape index (κ1) is 20.0. The van der Waals surface area contributed by atoms with Gasteiger partial charge in [-0.15, -0.1) is 10.2 Å². The quantitative estimate of drug-likeness (QED) is 0.648. The summed E-state index contributed by atoms with van der Waals surface area (Å²) in [6, 6.07) is 10.2. The first-order valence-electron chi connectivity index (χ1n) is 8.57. The minimum Gasteiger partial charge on any atom is -0.497 e. The predicted molar refractivity (Wildman–Crippen MR) is 108 cm³/mol. The third-order valence-corrected chi connectivity index (χ3v) is 7.55. The van der Waals surface area contributed by atoms with E-state index < -0.39 is 5.54 Å². The first-order chi connectivity index (χ1) is 13.1. The number of methoxy groups -OCH3 is 1. The number of benzene rings is 1. The molecule has 1 aromatic carbocycles. The van der Waals surface area contributed by atoms with E-state index >= 15 is 0 Å². The van der Waals surface area contributed by atoms with Gasteiger partial charge in [-0.05, 0) is 43.4 Å². The van der Waals surface area contributed by atoms with Crippen molar-refractivity contribution in [2.45, 2.75) is 45.7 Å². The van der Waals surface area contributed by atoms with E-state index in [9.17, 15) is 10.1 Å². The van der Waals surface area contributed by atoms with E-state index in [0.717, 1.165) is 45.9 Å². The van der Waals surface area contributed by atoms with E-state index in [-0.39, 0.29) is 11.7 Å². The maximum Gasteiger partial charge on any atom is 0.231 e. The molecule has 3 rings (SSSR count). The third kappa shape index (κ3) is 5.61. The SMILES string of the molecule is COc1ccc(CSc2nnc(SCC(=O)NC3(C#N)CCCC3)s2)cc1. The van der Waals surface area contributed by atoms with Crippen LogP contribution in [0.5, 0.6) is 5.75 Å². The van der Waals surface area contributed by atoms with Gasteiger partial charge in [0.15, 0.2) is 8.68 Å². The van der Waals surface area contributed by atoms with Crippen LogP contribution in [-0.2, 0) is 10.5 Å². The van der Waals surface area contributed by atoms with Crippen LogP contribution in [0.1, 0.15) is 31.2 Å². The molecule has 27 heavy (non-hydrogen) atoms. The molecule has 1 aliphatic carbocycles. The van der Waals surface area contributed by atoms with Crippen LogP contribution in [0.25, 0.3) is 0 Å². The Hall–Kier alpha value is -1.76. The second kappa shape index (κ2) is 9.44. The molecule has 1 amide bonds. The van der Waals surface area contributed by atoms with Gasteiger partial charge in [-0.25, -0.2) is 0 Å². The van der Waals surface area contributed by atoms with Crippen molar-refractivity contribution in [2.24, 2.45) is 0 Å². The summed E-state index contributed by atoms with van der Waals surface area (Å²) in [6.07, 6.45) is 3.47. The molecule has 0 aliphatic heterocycles. The number of carbonyl (C=O) groups is 1. The minimum atomic E-state index is -0.669. The van der Waals surface area contributed by atoms with Crippen molar-refractivity contribution < 1.29 is 9.53 Å². The van der Waals surface area contributed by atoms with Gasteiger partial charge in [0.1, 0.15) is 11.3 Å². The molecule has 1 aliphatic rings. The van der Waals surface area contributed by atoms with Crippen molar-refractivity contribution in [3.63, 3.8) is 0 Å². The summed E-state index contributed by atoms with van der Waals surface area (Å²) < 4.78 is 6.79. The van der Waals surface area contributed by atoms with Gasteiger partial charge in [-0.3, -0.25) is 4.79 Å². The number of rotatable bonds is 8. The zero-order chi connectivity index (χ0) is 19.1. The lowest BCUT2D eigenvalue weighted by atomic mass is 10.0. The summed E-state index contributed by atoms with van der Waals surface area (Å²) >= 11 is 4.46. The van der Waals surface area contributed by atoms with Crippen molar-refractivity contribution in [3.8, 4) is 11.8 Å². The number of amides is 1. The van der Waals surface area contributed by atoms with Crippen LogP contribution >= 0.6 is 34.9 Å². The highest BCUT2D eigenvalue weighted by Gasteiger charge is 2.35. The Morgan fingerprint density at radius 3 is 2.56 bits per heavy atom. The van der Waals surface area contributed by atoms with E-state index in [1.165, 1.54) is 28.7 Å². The minimum absolute atomic E-state index is 0.119. The Morgan fingerprint density at radius 1 is 1.26 bits per heavy atom. The van der Waals surface area contributed by atoms with Gasteiger partial charge in [0.2, 0.25) is 5.91 Å². The van der Waals surface area contributed by atoms with Crippen molar-refractivity contribution >= 4 is 40.8 Å². The second-order valence-corrected chi connectivity index (χ2v) is 9.63. The zero-order valence-electron chi connectivity index (χ0n) is 14.9. The van der Waals surface area contributed by atoms with Gasteiger partial charge in [-0.1, -0.05) is 47.0 Å². The van der Waals surface area contributed by atoms with Gasteiger partial charge in [-0.2, -0.15) is 5.26 Å². The number of aromatic nitrogens is 2. The smallest absolute Gasteiger partial charge is 0.231 e. The number of hydrogen-bond donors (Lipinski definition) is 1. The molecular formula is C18H20N4O2S3. The topological polar surface area (TPSA) is 87.9 Å². The Labute approximate surface area is 171 Å². The molecule has 2 aromatic rings. The van der Waals surface area contributed by atoms with Crippen molar-refractivity contribution in [1.82, 2.24) is 15.5 Å². The van der Waals surface area contributed by atoms with E-state index in [1.807, 2.05) is 24.3 Å². The second-order valence-electron chi connectivity index (χ2n) is 6.21. The number of nitrogens with zero attached hydrogens (tertiary/aromatic N) is 3. The maximum absolute atomic E-state index is 12.2. The van der Waals surface area contributed by atoms with E-state index in [2.05, 4.69) is 21.6 Å². The molecule has 0 unspecified atom stereocenters. The normalized spacial score (nSPS) is 15.3. The summed E-state index contributed by atoms with van der Waals surface area (Å²) in [4.78, 5) is 12.2. The highest BCUT2D eigenvalue weighted by atomic mass is 32.2. The summed E-state index contributed by atoms with van der Waals surface area (Å²) in [6.45, 7) is 0. The molecule has 1 fully saturated rings. The lowest BCUT2D eigenvalue weighted by molar-refractivity contribution is -0.119. The van der Waals surface area contributed by atoms with Crippen LogP contribution in [0, 0.1) is 11.3 Å². The molecule has 1 aromatic heterocycles. The van der Waals surface area contributed by atoms with Crippen LogP contribution in [0.2, 0.25) is 0 Å². The molecule has 1 heterocycles. The van der Waals surface area contributed by atoms with Crippen LogP contribution < -0.4 is 10.1 Å². The van der Waals surface area contributed by atoms with Crippen LogP contribution in [0.3, 0.4) is 0 Å². The van der Waals surface area contributed by atoms with Crippen LogP contribution in [0.4, 0.5) is 0 Å². The number of nitriles is 1. The van der Waals surface area contributed by atoms with Crippen LogP contribution in [0.15, 0.2) is 32.9 Å². The largest absolute Gasteiger partial charge is 0.497 e. The van der Waals surface area contributed by atoms with E-state index in [1.54, 1.807) is 18.9 Å². The predicted octanol–water partition coefficient (Wildman–Crippen LogP) is 3.88. The highest BCUT2D eigenvalue weighted by Crippen LogP contribution is 2.32. The Balaban J connectivity index is 1.45. The van der Waals surface area contributed by atoms with Gasteiger partial charge in [0, 0.05) is 5.75 Å². The molecular weight excluding hydrogens is 400 g/mol. The number of ether oxygens (including phenoxy) is 1. The summed E-state index contributed by atoms with van der Waals surface area (Å²) in [5, 5.41) is 20.6. The molecule has 1 saturated carbocycles. The fourth-order valence-electron chi connectivity index (χ4n) is 2.85. The third-order valence-electron chi connectivity index (χ3n) is 4.29. The Bertz CT molecular complexity index is 811. The fourth-order valence-corrected chi connectivity index (χ4v) is 5.63. The molecule has 0 spiro atoms. The highest BCUT2D eigenvalue weighted by molar-refractivity contribution is 8.03. The number of thioether (sulfide) groups is 2. The molecule has 0 radical (unpaired) electrons. The maximum atomic E-state index is 12.2. The zero-order valence-corrected chi connectivity index (χ0v) is 17.4. The lowest BCUT2D eigenvalue weighted by Crippen LogP contribution is -2.45. The fraction of sp³-hybridized carbons (Fsp3) is 0.444. The Kier molecular flexibility index (Phi) is 6.99. The lowest BCUT2D eigenvalue weighted by Gasteiger charge is -2.21. The van der Waals surface area contributed by atoms with Gasteiger partial charge < -0.3 is 10.1 Å². The van der Waals surface area contributed by atoms with Crippen LogP contribution in [-0.4, -0.2) is 34.5 Å². The summed E-state index contributed by atoms with van der Waals surface area (Å²) in [7, 11) is 1.65. The van der Waals surface area contributed by atoms with E-state index in [4.69, 9.17) is 4.74 Å². The molecule has 0 bridgehead atoms. The number of nitrogens with one attached hydrogen (secondary N) is 1. The molecule has 1 N–H and O–H groups in total. The Morgan fingerprint density at radius 2 is 1.93 bits per heavy atom. The number of carbonyl (C=O) groups excluding carboxylic acids is 1. The van der Waals surface area contributed by atoms with Crippen molar-refractivity contribution in [2.75, 3.05) is 12.9 Å². The van der Waals surface area contributed by atoms with Gasteiger partial charge in [0.05, 0.1) is 18.9 Å². The molecule has 6 nitrogen and oxygen atoms in total. The average Bonchev–Trinajstić information content (AvgIpc) is 3.35. The summed E-state index contributed by atoms with van der Waals surface area (Å²) in [5.74, 6) is 1.77. The number of hydrogen-bond acceptors (Lipinski definition) is 8.